The van der Waals surface area contributed by atoms with Crippen molar-refractivity contribution in [1.82, 2.24) is 25.0 Å². The van der Waals surface area contributed by atoms with Crippen molar-refractivity contribution in [2.24, 2.45) is 5.92 Å². The molecule has 2 aromatic carbocycles. The number of rotatable bonds is 7. The summed E-state index contributed by atoms with van der Waals surface area (Å²) < 4.78 is 1.65. The fourth-order valence-electron chi connectivity index (χ4n) is 4.90. The molecule has 1 saturated heterocycles. The molecule has 10 heteroatoms. The van der Waals surface area contributed by atoms with E-state index in [4.69, 9.17) is 11.1 Å². The first-order valence-electron chi connectivity index (χ1n) is 12.9. The molecule has 3 aromatic rings. The zero-order chi connectivity index (χ0) is 26.1. The van der Waals surface area contributed by atoms with E-state index in [-0.39, 0.29) is 23.4 Å². The molecule has 0 unspecified atom stereocenters. The fourth-order valence-corrected chi connectivity index (χ4v) is 4.90. The molecule has 37 heavy (non-hydrogen) atoms. The third-order valence-corrected chi connectivity index (χ3v) is 7.39. The Hall–Kier alpha value is -3.92. The zero-order valence-corrected chi connectivity index (χ0v) is 21.4. The SMILES string of the molecule is CCNC(=O)c1nnc(-c2cc(C(=N)C3CCC3)c(N)cc2O)n1-c1ccc(N2CCN(C)CC2)cc1. The average molecular weight is 503 g/mol. The van der Waals surface area contributed by atoms with E-state index in [9.17, 15) is 9.90 Å². The van der Waals surface area contributed by atoms with Crippen LogP contribution < -0.4 is 16.0 Å². The molecule has 10 nitrogen and oxygen atoms in total. The molecule has 194 valence electrons. The Morgan fingerprint density at radius 2 is 1.78 bits per heavy atom. The lowest BCUT2D eigenvalue weighted by Gasteiger charge is -2.34. The highest BCUT2D eigenvalue weighted by molar-refractivity contribution is 6.06. The summed E-state index contributed by atoms with van der Waals surface area (Å²) in [6, 6.07) is 11.1. The second-order valence-corrected chi connectivity index (χ2v) is 9.85. The number of hydrogen-bond donors (Lipinski definition) is 4. The minimum atomic E-state index is -0.359. The van der Waals surface area contributed by atoms with Gasteiger partial charge in [-0.25, -0.2) is 0 Å². The molecule has 0 bridgehead atoms. The van der Waals surface area contributed by atoms with Gasteiger partial charge in [0, 0.05) is 73.0 Å². The van der Waals surface area contributed by atoms with E-state index < -0.39 is 0 Å². The van der Waals surface area contributed by atoms with Gasteiger partial charge < -0.3 is 31.4 Å². The van der Waals surface area contributed by atoms with Crippen molar-refractivity contribution in [2.45, 2.75) is 26.2 Å². The first-order chi connectivity index (χ1) is 17.9. The Morgan fingerprint density at radius 3 is 2.41 bits per heavy atom. The lowest BCUT2D eigenvalue weighted by Crippen LogP contribution is -2.44. The van der Waals surface area contributed by atoms with Crippen LogP contribution in [-0.4, -0.2) is 76.2 Å². The molecule has 0 radical (unpaired) electrons. The molecule has 0 atom stereocenters. The number of phenolic OH excluding ortho intramolecular Hbond substituents is 1. The van der Waals surface area contributed by atoms with Gasteiger partial charge in [-0.3, -0.25) is 9.36 Å². The van der Waals surface area contributed by atoms with E-state index in [2.05, 4.69) is 32.4 Å². The van der Waals surface area contributed by atoms with Crippen LogP contribution >= 0.6 is 0 Å². The molecule has 2 aliphatic rings. The predicted octanol–water partition coefficient (Wildman–Crippen LogP) is 2.89. The molecule has 2 heterocycles. The topological polar surface area (TPSA) is 136 Å². The maximum Gasteiger partial charge on any atom is 0.289 e. The minimum Gasteiger partial charge on any atom is -0.507 e. The summed E-state index contributed by atoms with van der Waals surface area (Å²) in [4.78, 5) is 17.6. The van der Waals surface area contributed by atoms with Gasteiger partial charge in [0.25, 0.3) is 5.91 Å². The molecule has 5 N–H and O–H groups in total. The van der Waals surface area contributed by atoms with Crippen LogP contribution in [0.1, 0.15) is 42.4 Å². The number of aromatic nitrogens is 3. The largest absolute Gasteiger partial charge is 0.507 e. The molecule has 1 amide bonds. The monoisotopic (exact) mass is 502 g/mol. The van der Waals surface area contributed by atoms with Crippen molar-refractivity contribution < 1.29 is 9.90 Å². The smallest absolute Gasteiger partial charge is 0.289 e. The molecule has 1 aliphatic heterocycles. The lowest BCUT2D eigenvalue weighted by molar-refractivity contribution is 0.0943. The molecule has 5 rings (SSSR count). The Morgan fingerprint density at radius 1 is 1.11 bits per heavy atom. The quantitative estimate of drug-likeness (QED) is 0.288. The van der Waals surface area contributed by atoms with Crippen LogP contribution in [0.25, 0.3) is 17.1 Å². The van der Waals surface area contributed by atoms with Crippen LogP contribution in [0.4, 0.5) is 11.4 Å². The summed E-state index contributed by atoms with van der Waals surface area (Å²) in [6.07, 6.45) is 3.03. The normalized spacial score (nSPS) is 16.4. The number of benzene rings is 2. The van der Waals surface area contributed by atoms with Gasteiger partial charge in [0.05, 0.1) is 5.56 Å². The number of aromatic hydroxyl groups is 1. The van der Waals surface area contributed by atoms with Gasteiger partial charge in [0.2, 0.25) is 5.82 Å². The number of piperazine rings is 1. The summed E-state index contributed by atoms with van der Waals surface area (Å²) in [5.41, 5.74) is 9.79. The van der Waals surface area contributed by atoms with E-state index in [1.165, 1.54) is 6.07 Å². The lowest BCUT2D eigenvalue weighted by atomic mass is 9.79. The first-order valence-corrected chi connectivity index (χ1v) is 12.9. The standard InChI is InChI=1S/C27H34N8O2/c1-3-30-27(37)26-32-31-25(21-15-20(22(28)16-23(21)36)24(29)17-5-4-6-17)35(26)19-9-7-18(8-10-19)34-13-11-33(2)12-14-34/h7-10,15-17,29,36H,3-6,11-14,28H2,1-2H3,(H,30,37). The summed E-state index contributed by atoms with van der Waals surface area (Å²) in [6.45, 7) is 6.20. The molecule has 2 fully saturated rings. The number of carbonyl (C=O) groups excluding carboxylic acids is 1. The summed E-state index contributed by atoms with van der Waals surface area (Å²) in [5.74, 6) is 0.171. The number of phenols is 1. The number of nitrogens with zero attached hydrogens (tertiary/aromatic N) is 5. The number of anilines is 2. The van der Waals surface area contributed by atoms with E-state index in [1.807, 2.05) is 31.2 Å². The minimum absolute atomic E-state index is 0.0761. The van der Waals surface area contributed by atoms with Gasteiger partial charge in [0.15, 0.2) is 5.82 Å². The molecule has 1 saturated carbocycles. The Balaban J connectivity index is 1.57. The van der Waals surface area contributed by atoms with Crippen LogP contribution in [0, 0.1) is 11.3 Å². The maximum absolute atomic E-state index is 12.9. The number of carbonyl (C=O) groups is 1. The average Bonchev–Trinajstić information content (AvgIpc) is 3.29. The number of nitrogen functional groups attached to an aromatic ring is 1. The number of nitrogens with two attached hydrogens (primary N) is 1. The highest BCUT2D eigenvalue weighted by atomic mass is 16.3. The Labute approximate surface area is 216 Å². The number of amides is 1. The molecular weight excluding hydrogens is 468 g/mol. The summed E-state index contributed by atoms with van der Waals surface area (Å²) in [5, 5.41) is 30.9. The van der Waals surface area contributed by atoms with Crippen LogP contribution in [-0.2, 0) is 0 Å². The van der Waals surface area contributed by atoms with E-state index >= 15 is 0 Å². The van der Waals surface area contributed by atoms with Gasteiger partial charge in [-0.2, -0.15) is 0 Å². The maximum atomic E-state index is 12.9. The Kier molecular flexibility index (Phi) is 6.84. The van der Waals surface area contributed by atoms with E-state index in [1.54, 1.807) is 10.6 Å². The van der Waals surface area contributed by atoms with Crippen LogP contribution in [0.2, 0.25) is 0 Å². The zero-order valence-electron chi connectivity index (χ0n) is 21.4. The van der Waals surface area contributed by atoms with Crippen molar-refractivity contribution in [3.8, 4) is 22.8 Å². The first kappa shape index (κ1) is 24.8. The van der Waals surface area contributed by atoms with Crippen LogP contribution in [0.3, 0.4) is 0 Å². The van der Waals surface area contributed by atoms with Crippen molar-refractivity contribution in [3.63, 3.8) is 0 Å². The van der Waals surface area contributed by atoms with Crippen LogP contribution in [0.15, 0.2) is 36.4 Å². The number of nitrogens with one attached hydrogen (secondary N) is 2. The molecule has 1 aromatic heterocycles. The third-order valence-electron chi connectivity index (χ3n) is 7.39. The van der Waals surface area contributed by atoms with Crippen molar-refractivity contribution in [1.29, 1.82) is 5.41 Å². The van der Waals surface area contributed by atoms with Gasteiger partial charge in [0.1, 0.15) is 5.75 Å². The van der Waals surface area contributed by atoms with Gasteiger partial charge in [-0.15, -0.1) is 10.2 Å². The summed E-state index contributed by atoms with van der Waals surface area (Å²) >= 11 is 0. The highest BCUT2D eigenvalue weighted by Gasteiger charge is 2.28. The number of hydrogen-bond acceptors (Lipinski definition) is 8. The molecular formula is C27H34N8O2. The van der Waals surface area contributed by atoms with Crippen molar-refractivity contribution in [2.75, 3.05) is 50.4 Å². The van der Waals surface area contributed by atoms with Crippen molar-refractivity contribution >= 4 is 23.0 Å². The predicted molar refractivity (Wildman–Crippen MR) is 145 cm³/mol. The fraction of sp³-hybridized carbons (Fsp3) is 0.407. The van der Waals surface area contributed by atoms with Gasteiger partial charge in [-0.05, 0) is 57.1 Å². The summed E-state index contributed by atoms with van der Waals surface area (Å²) in [7, 11) is 2.13. The van der Waals surface area contributed by atoms with Crippen LogP contribution in [0.5, 0.6) is 5.75 Å². The van der Waals surface area contributed by atoms with Gasteiger partial charge in [-0.1, -0.05) is 6.42 Å². The third kappa shape index (κ3) is 4.76. The Bertz CT molecular complexity index is 1300. The van der Waals surface area contributed by atoms with E-state index in [0.29, 0.717) is 40.6 Å². The molecule has 1 aliphatic carbocycles. The second kappa shape index (κ2) is 10.2. The second-order valence-electron chi connectivity index (χ2n) is 9.85. The van der Waals surface area contributed by atoms with Crippen molar-refractivity contribution in [3.05, 3.63) is 47.8 Å². The van der Waals surface area contributed by atoms with E-state index in [0.717, 1.165) is 51.1 Å². The highest BCUT2D eigenvalue weighted by Crippen LogP contribution is 2.37. The number of likely N-dealkylation sites (N-methyl/N-ethyl adjacent to an activating group) is 1. The molecule has 0 spiro atoms. The van der Waals surface area contributed by atoms with Gasteiger partial charge >= 0.3 is 0 Å².